The predicted molar refractivity (Wildman–Crippen MR) is 74.4 cm³/mol. The maximum atomic E-state index is 13.2. The number of hydrogen-bond donors (Lipinski definition) is 1. The molecule has 1 nitrogen and oxygen atoms in total. The number of halogens is 3. The Morgan fingerprint density at radius 3 is 2.25 bits per heavy atom. The lowest BCUT2D eigenvalue weighted by atomic mass is 9.83. The minimum Gasteiger partial charge on any atom is -0.302 e. The summed E-state index contributed by atoms with van der Waals surface area (Å²) in [6, 6.07) is 6.56. The molecule has 0 amide bonds. The summed E-state index contributed by atoms with van der Waals surface area (Å²) in [4.78, 5) is 0. The Morgan fingerprint density at radius 1 is 1.10 bits per heavy atom. The van der Waals surface area contributed by atoms with Gasteiger partial charge in [-0.25, -0.2) is 0 Å². The van der Waals surface area contributed by atoms with E-state index in [-0.39, 0.29) is 0 Å². The van der Waals surface area contributed by atoms with E-state index in [4.69, 9.17) is 0 Å². The average molecular weight is 285 g/mol. The van der Waals surface area contributed by atoms with E-state index >= 15 is 0 Å². The second-order valence-corrected chi connectivity index (χ2v) is 5.92. The molecule has 1 aliphatic carbocycles. The second-order valence-electron chi connectivity index (χ2n) is 5.92. The molecule has 1 aliphatic rings. The fraction of sp³-hybridized carbons (Fsp3) is 0.625. The van der Waals surface area contributed by atoms with Crippen molar-refractivity contribution in [2.45, 2.75) is 44.8 Å². The van der Waals surface area contributed by atoms with Crippen molar-refractivity contribution in [1.29, 1.82) is 0 Å². The summed E-state index contributed by atoms with van der Waals surface area (Å²) in [6.45, 7) is 2.66. The van der Waals surface area contributed by atoms with Crippen molar-refractivity contribution in [2.24, 2.45) is 11.8 Å². The van der Waals surface area contributed by atoms with E-state index in [1.165, 1.54) is 12.1 Å². The van der Waals surface area contributed by atoms with Crippen LogP contribution in [-0.2, 0) is 0 Å². The van der Waals surface area contributed by atoms with Crippen molar-refractivity contribution in [3.63, 3.8) is 0 Å². The third-order valence-electron chi connectivity index (χ3n) is 4.21. The van der Waals surface area contributed by atoms with Crippen LogP contribution in [0.25, 0.3) is 0 Å². The average Bonchev–Trinajstić information content (AvgIpc) is 2.41. The van der Waals surface area contributed by atoms with Crippen LogP contribution in [0, 0.1) is 11.8 Å². The van der Waals surface area contributed by atoms with Crippen LogP contribution in [0.2, 0.25) is 0 Å². The molecular formula is C16H22F3N. The van der Waals surface area contributed by atoms with Crippen LogP contribution in [0.5, 0.6) is 0 Å². The van der Waals surface area contributed by atoms with Gasteiger partial charge in [0.2, 0.25) is 0 Å². The Labute approximate surface area is 118 Å². The lowest BCUT2D eigenvalue weighted by Crippen LogP contribution is -2.37. The van der Waals surface area contributed by atoms with Gasteiger partial charge in [0.1, 0.15) is 6.04 Å². The van der Waals surface area contributed by atoms with Crippen molar-refractivity contribution >= 4 is 0 Å². The van der Waals surface area contributed by atoms with Crippen molar-refractivity contribution in [1.82, 2.24) is 5.32 Å². The summed E-state index contributed by atoms with van der Waals surface area (Å²) < 4.78 is 39.5. The highest BCUT2D eigenvalue weighted by atomic mass is 19.4. The smallest absolute Gasteiger partial charge is 0.302 e. The van der Waals surface area contributed by atoms with Crippen LogP contribution in [0.3, 0.4) is 0 Å². The van der Waals surface area contributed by atoms with Gasteiger partial charge in [-0.2, -0.15) is 13.2 Å². The van der Waals surface area contributed by atoms with Gasteiger partial charge in [0.05, 0.1) is 0 Å². The quantitative estimate of drug-likeness (QED) is 0.845. The Morgan fingerprint density at radius 2 is 1.70 bits per heavy atom. The Bertz CT molecular complexity index is 394. The third kappa shape index (κ3) is 4.23. The molecule has 1 N–H and O–H groups in total. The number of rotatable bonds is 4. The number of nitrogens with one attached hydrogen (secondary N) is 1. The molecule has 0 saturated heterocycles. The molecule has 0 aromatic heterocycles. The summed E-state index contributed by atoms with van der Waals surface area (Å²) in [5.41, 5.74) is 0.296. The van der Waals surface area contributed by atoms with Crippen molar-refractivity contribution in [3.8, 4) is 0 Å². The van der Waals surface area contributed by atoms with Gasteiger partial charge in [-0.1, -0.05) is 50.1 Å². The van der Waals surface area contributed by atoms with Gasteiger partial charge in [-0.05, 0) is 36.8 Å². The van der Waals surface area contributed by atoms with Gasteiger partial charge in [0, 0.05) is 0 Å². The number of alkyl halides is 3. The van der Waals surface area contributed by atoms with Crippen molar-refractivity contribution < 1.29 is 13.2 Å². The van der Waals surface area contributed by atoms with Crippen molar-refractivity contribution in [2.75, 3.05) is 6.54 Å². The lowest BCUT2D eigenvalue weighted by molar-refractivity contribution is -0.158. The summed E-state index contributed by atoms with van der Waals surface area (Å²) in [7, 11) is 0. The summed E-state index contributed by atoms with van der Waals surface area (Å²) >= 11 is 0. The molecule has 1 aromatic rings. The highest BCUT2D eigenvalue weighted by molar-refractivity contribution is 5.20. The Kier molecular flexibility index (Phi) is 5.08. The Hall–Kier alpha value is -1.03. The van der Waals surface area contributed by atoms with Crippen LogP contribution in [0.15, 0.2) is 30.3 Å². The zero-order valence-corrected chi connectivity index (χ0v) is 11.8. The van der Waals surface area contributed by atoms with Crippen LogP contribution < -0.4 is 5.32 Å². The largest absolute Gasteiger partial charge is 0.407 e. The molecule has 0 radical (unpaired) electrons. The van der Waals surface area contributed by atoms with Crippen LogP contribution in [-0.4, -0.2) is 12.7 Å². The first-order valence-corrected chi connectivity index (χ1v) is 7.32. The molecule has 0 heterocycles. The molecular weight excluding hydrogens is 263 g/mol. The third-order valence-corrected chi connectivity index (χ3v) is 4.21. The first-order valence-electron chi connectivity index (χ1n) is 7.32. The molecule has 1 aromatic carbocycles. The zero-order chi connectivity index (χ0) is 14.6. The highest BCUT2D eigenvalue weighted by Gasteiger charge is 2.40. The van der Waals surface area contributed by atoms with Gasteiger partial charge in [0.25, 0.3) is 0 Å². The minimum atomic E-state index is -4.25. The Balaban J connectivity index is 1.96. The topological polar surface area (TPSA) is 12.0 Å². The van der Waals surface area contributed by atoms with Crippen LogP contribution in [0.4, 0.5) is 13.2 Å². The van der Waals surface area contributed by atoms with Gasteiger partial charge in [0.15, 0.2) is 0 Å². The van der Waals surface area contributed by atoms with Gasteiger partial charge in [-0.3, -0.25) is 0 Å². The normalized spacial score (nSPS) is 25.4. The van der Waals surface area contributed by atoms with E-state index in [2.05, 4.69) is 12.2 Å². The molecule has 0 bridgehead atoms. The molecule has 1 fully saturated rings. The van der Waals surface area contributed by atoms with E-state index in [9.17, 15) is 13.2 Å². The number of benzene rings is 1. The SMILES string of the molecule is CC1CCC(CNC(c2ccccc2)C(F)(F)F)CC1. The van der Waals surface area contributed by atoms with Crippen molar-refractivity contribution in [3.05, 3.63) is 35.9 Å². The summed E-state index contributed by atoms with van der Waals surface area (Å²) in [5, 5.41) is 2.74. The molecule has 0 spiro atoms. The predicted octanol–water partition coefficient (Wildman–Crippen LogP) is 4.71. The standard InChI is InChI=1S/C16H22F3N/c1-12-7-9-13(10-8-12)11-20-15(16(17,18)19)14-5-3-2-4-6-14/h2-6,12-13,15,20H,7-11H2,1H3. The summed E-state index contributed by atoms with van der Waals surface area (Å²) in [6.07, 6.45) is 0.0904. The van der Waals surface area contributed by atoms with Crippen LogP contribution in [0.1, 0.15) is 44.2 Å². The van der Waals surface area contributed by atoms with E-state index < -0.39 is 12.2 Å². The fourth-order valence-corrected chi connectivity index (χ4v) is 2.89. The molecule has 1 unspecified atom stereocenters. The second kappa shape index (κ2) is 6.61. The molecule has 0 aliphatic heterocycles. The lowest BCUT2D eigenvalue weighted by Gasteiger charge is -2.29. The van der Waals surface area contributed by atoms with Crippen LogP contribution >= 0.6 is 0 Å². The van der Waals surface area contributed by atoms with E-state index in [1.54, 1.807) is 18.2 Å². The maximum absolute atomic E-state index is 13.2. The minimum absolute atomic E-state index is 0.296. The van der Waals surface area contributed by atoms with E-state index in [0.29, 0.717) is 18.0 Å². The molecule has 20 heavy (non-hydrogen) atoms. The molecule has 2 rings (SSSR count). The van der Waals surface area contributed by atoms with E-state index in [1.807, 2.05) is 0 Å². The first-order chi connectivity index (χ1) is 9.47. The first kappa shape index (κ1) is 15.4. The summed E-state index contributed by atoms with van der Waals surface area (Å²) in [5.74, 6) is 1.10. The monoisotopic (exact) mass is 285 g/mol. The molecule has 1 saturated carbocycles. The maximum Gasteiger partial charge on any atom is 0.407 e. The van der Waals surface area contributed by atoms with Gasteiger partial charge in [-0.15, -0.1) is 0 Å². The van der Waals surface area contributed by atoms with Gasteiger partial charge >= 0.3 is 6.18 Å². The van der Waals surface area contributed by atoms with E-state index in [0.717, 1.165) is 31.6 Å². The van der Waals surface area contributed by atoms with Gasteiger partial charge < -0.3 is 5.32 Å². The zero-order valence-electron chi connectivity index (χ0n) is 11.8. The molecule has 1 atom stereocenters. The molecule has 112 valence electrons. The highest BCUT2D eigenvalue weighted by Crippen LogP contribution is 2.34. The number of hydrogen-bond acceptors (Lipinski definition) is 1. The molecule has 4 heteroatoms. The fourth-order valence-electron chi connectivity index (χ4n) is 2.89.